The van der Waals surface area contributed by atoms with Gasteiger partial charge in [-0.1, -0.05) is 6.92 Å². The molecule has 0 spiro atoms. The molecule has 1 aliphatic rings. The molecule has 1 amide bonds. The maximum absolute atomic E-state index is 13.1. The van der Waals surface area contributed by atoms with Crippen molar-refractivity contribution >= 4 is 17.2 Å². The Morgan fingerprint density at radius 1 is 1.32 bits per heavy atom. The number of nitrogens with zero attached hydrogens (tertiary/aromatic N) is 2. The van der Waals surface area contributed by atoms with Crippen molar-refractivity contribution in [2.24, 2.45) is 5.92 Å². The summed E-state index contributed by atoms with van der Waals surface area (Å²) in [5, 5.41) is 4.16. The molecule has 2 aromatic rings. The molecule has 1 aliphatic heterocycles. The third-order valence-corrected chi connectivity index (χ3v) is 5.86. The summed E-state index contributed by atoms with van der Waals surface area (Å²) < 4.78 is 13.1. The van der Waals surface area contributed by atoms with Crippen LogP contribution in [0.3, 0.4) is 0 Å². The topological polar surface area (TPSA) is 45.2 Å². The van der Waals surface area contributed by atoms with Gasteiger partial charge in [0.05, 0.1) is 5.69 Å². The van der Waals surface area contributed by atoms with Crippen molar-refractivity contribution in [3.05, 3.63) is 40.7 Å². The number of hydrogen-bond acceptors (Lipinski definition) is 4. The molecule has 2 heterocycles. The number of likely N-dealkylation sites (tertiary alicyclic amines) is 1. The van der Waals surface area contributed by atoms with Crippen LogP contribution in [-0.2, 0) is 0 Å². The second-order valence-corrected chi connectivity index (χ2v) is 7.48. The lowest BCUT2D eigenvalue weighted by Crippen LogP contribution is -2.40. The number of carbonyl (C=O) groups excluding carboxylic acids is 1. The Kier molecular flexibility index (Phi) is 5.81. The Balaban J connectivity index is 1.68. The van der Waals surface area contributed by atoms with Crippen LogP contribution < -0.4 is 5.32 Å². The van der Waals surface area contributed by atoms with Crippen molar-refractivity contribution in [2.75, 3.05) is 26.2 Å². The normalized spacial score (nSPS) is 15.6. The predicted octanol–water partition coefficient (Wildman–Crippen LogP) is 3.72. The number of halogens is 1. The summed E-state index contributed by atoms with van der Waals surface area (Å²) in [4.78, 5) is 20.0. The summed E-state index contributed by atoms with van der Waals surface area (Å²) in [5.74, 6) is 0.459. The minimum atomic E-state index is -0.270. The number of benzene rings is 1. The van der Waals surface area contributed by atoms with Crippen molar-refractivity contribution in [2.45, 2.75) is 26.7 Å². The average molecular weight is 361 g/mol. The van der Waals surface area contributed by atoms with Gasteiger partial charge in [-0.3, -0.25) is 4.79 Å². The molecule has 0 radical (unpaired) electrons. The molecule has 1 aromatic heterocycles. The van der Waals surface area contributed by atoms with Crippen LogP contribution in [0.5, 0.6) is 0 Å². The highest BCUT2D eigenvalue weighted by molar-refractivity contribution is 7.17. The second-order valence-electron chi connectivity index (χ2n) is 6.48. The van der Waals surface area contributed by atoms with Gasteiger partial charge in [-0.25, -0.2) is 9.37 Å². The lowest BCUT2D eigenvalue weighted by atomic mass is 9.96. The molecule has 6 heteroatoms. The smallest absolute Gasteiger partial charge is 0.265 e. The van der Waals surface area contributed by atoms with Gasteiger partial charge in [0.1, 0.15) is 15.7 Å². The third kappa shape index (κ3) is 4.25. The highest BCUT2D eigenvalue weighted by Gasteiger charge is 2.26. The van der Waals surface area contributed by atoms with Gasteiger partial charge >= 0.3 is 0 Å². The largest absolute Gasteiger partial charge is 0.338 e. The zero-order valence-corrected chi connectivity index (χ0v) is 15.5. The van der Waals surface area contributed by atoms with Crippen LogP contribution in [-0.4, -0.2) is 42.0 Å². The van der Waals surface area contributed by atoms with E-state index in [4.69, 9.17) is 0 Å². The summed E-state index contributed by atoms with van der Waals surface area (Å²) in [7, 11) is 0. The standard InChI is InChI=1S/C19H24FN3OS/c1-3-21-12-14-8-10-23(11-9-14)19(24)17-13(2)22-18(25-17)15-4-6-16(20)7-5-15/h4-7,14,21H,3,8-12H2,1-2H3. The highest BCUT2D eigenvalue weighted by atomic mass is 32.1. The molecule has 3 rings (SSSR count). The molecule has 4 nitrogen and oxygen atoms in total. The number of thiazole rings is 1. The summed E-state index contributed by atoms with van der Waals surface area (Å²) in [6.07, 6.45) is 2.09. The first-order chi connectivity index (χ1) is 12.1. The van der Waals surface area contributed by atoms with Gasteiger partial charge in [0.15, 0.2) is 0 Å². The van der Waals surface area contributed by atoms with Crippen LogP contribution in [0.4, 0.5) is 4.39 Å². The van der Waals surface area contributed by atoms with Crippen molar-refractivity contribution < 1.29 is 9.18 Å². The highest BCUT2D eigenvalue weighted by Crippen LogP contribution is 2.30. The fourth-order valence-corrected chi connectivity index (χ4v) is 4.18. The zero-order valence-electron chi connectivity index (χ0n) is 14.7. The Bertz CT molecular complexity index is 721. The van der Waals surface area contributed by atoms with Crippen LogP contribution in [0.15, 0.2) is 24.3 Å². The molecule has 0 atom stereocenters. The van der Waals surface area contributed by atoms with E-state index in [1.54, 1.807) is 12.1 Å². The quantitative estimate of drug-likeness (QED) is 0.883. The molecule has 1 N–H and O–H groups in total. The fourth-order valence-electron chi connectivity index (χ4n) is 3.14. The lowest BCUT2D eigenvalue weighted by Gasteiger charge is -2.31. The SMILES string of the molecule is CCNCC1CCN(C(=O)c2sc(-c3ccc(F)cc3)nc2C)CC1. The Morgan fingerprint density at radius 2 is 2.00 bits per heavy atom. The average Bonchev–Trinajstić information content (AvgIpc) is 3.02. The monoisotopic (exact) mass is 361 g/mol. The van der Waals surface area contributed by atoms with E-state index in [0.717, 1.165) is 55.3 Å². The van der Waals surface area contributed by atoms with E-state index in [-0.39, 0.29) is 11.7 Å². The van der Waals surface area contributed by atoms with E-state index in [1.807, 2.05) is 11.8 Å². The number of rotatable bonds is 5. The molecule has 0 bridgehead atoms. The summed E-state index contributed by atoms with van der Waals surface area (Å²) in [6.45, 7) is 7.62. The molecular formula is C19H24FN3OS. The number of amides is 1. The van der Waals surface area contributed by atoms with Crippen molar-refractivity contribution in [3.8, 4) is 10.6 Å². The Morgan fingerprint density at radius 3 is 2.64 bits per heavy atom. The molecule has 1 fully saturated rings. The molecule has 0 unspecified atom stereocenters. The Labute approximate surface area is 152 Å². The molecule has 1 aromatic carbocycles. The summed E-state index contributed by atoms with van der Waals surface area (Å²) >= 11 is 1.40. The number of piperidine rings is 1. The number of nitrogens with one attached hydrogen (secondary N) is 1. The van der Waals surface area contributed by atoms with Crippen molar-refractivity contribution in [1.82, 2.24) is 15.2 Å². The molecule has 134 valence electrons. The van der Waals surface area contributed by atoms with E-state index in [2.05, 4.69) is 17.2 Å². The first kappa shape index (κ1) is 18.0. The first-order valence-electron chi connectivity index (χ1n) is 8.81. The van der Waals surface area contributed by atoms with Gasteiger partial charge in [0.25, 0.3) is 5.91 Å². The predicted molar refractivity (Wildman–Crippen MR) is 99.4 cm³/mol. The van der Waals surface area contributed by atoms with Crippen LogP contribution >= 0.6 is 11.3 Å². The van der Waals surface area contributed by atoms with Gasteiger partial charge in [0.2, 0.25) is 0 Å². The van der Waals surface area contributed by atoms with E-state index in [9.17, 15) is 9.18 Å². The zero-order chi connectivity index (χ0) is 17.8. The molecule has 0 aliphatic carbocycles. The van der Waals surface area contributed by atoms with Gasteiger partial charge in [-0.15, -0.1) is 11.3 Å². The fraction of sp³-hybridized carbons (Fsp3) is 0.474. The van der Waals surface area contributed by atoms with Crippen LogP contribution in [0, 0.1) is 18.7 Å². The van der Waals surface area contributed by atoms with E-state index in [0.29, 0.717) is 10.8 Å². The van der Waals surface area contributed by atoms with Crippen LogP contribution in [0.1, 0.15) is 35.1 Å². The van der Waals surface area contributed by atoms with Crippen LogP contribution in [0.2, 0.25) is 0 Å². The summed E-state index contributed by atoms with van der Waals surface area (Å²) in [6, 6.07) is 6.24. The van der Waals surface area contributed by atoms with Crippen molar-refractivity contribution in [3.63, 3.8) is 0 Å². The van der Waals surface area contributed by atoms with Crippen LogP contribution in [0.25, 0.3) is 10.6 Å². The number of carbonyl (C=O) groups is 1. The maximum atomic E-state index is 13.1. The first-order valence-corrected chi connectivity index (χ1v) is 9.63. The van der Waals surface area contributed by atoms with Crippen molar-refractivity contribution in [1.29, 1.82) is 0 Å². The van der Waals surface area contributed by atoms with Gasteiger partial charge < -0.3 is 10.2 Å². The second kappa shape index (κ2) is 8.06. The third-order valence-electron chi connectivity index (χ3n) is 4.67. The van der Waals surface area contributed by atoms with E-state index in [1.165, 1.54) is 23.5 Å². The molecule has 1 saturated heterocycles. The van der Waals surface area contributed by atoms with Gasteiger partial charge in [0, 0.05) is 18.7 Å². The van der Waals surface area contributed by atoms with E-state index < -0.39 is 0 Å². The maximum Gasteiger partial charge on any atom is 0.265 e. The minimum absolute atomic E-state index is 0.0743. The van der Waals surface area contributed by atoms with E-state index >= 15 is 0 Å². The molecule has 0 saturated carbocycles. The number of hydrogen-bond donors (Lipinski definition) is 1. The molecule has 25 heavy (non-hydrogen) atoms. The van der Waals surface area contributed by atoms with Gasteiger partial charge in [-0.2, -0.15) is 0 Å². The lowest BCUT2D eigenvalue weighted by molar-refractivity contribution is 0.0694. The Hall–Kier alpha value is -1.79. The number of aromatic nitrogens is 1. The minimum Gasteiger partial charge on any atom is -0.338 e. The van der Waals surface area contributed by atoms with Gasteiger partial charge in [-0.05, 0) is 63.0 Å². The molecular weight excluding hydrogens is 337 g/mol. The summed E-state index contributed by atoms with van der Waals surface area (Å²) in [5.41, 5.74) is 1.60. The number of aryl methyl sites for hydroxylation is 1.